The summed E-state index contributed by atoms with van der Waals surface area (Å²) < 4.78 is 0. The molecule has 0 aliphatic heterocycles. The van der Waals surface area contributed by atoms with Crippen molar-refractivity contribution in [1.29, 1.82) is 0 Å². The molecule has 0 spiro atoms. The molecule has 2 N–H and O–H groups in total. The minimum Gasteiger partial charge on any atom is -0.478 e. The molecule has 0 aromatic carbocycles. The zero-order valence-corrected chi connectivity index (χ0v) is 24.9. The molecule has 0 unspecified atom stereocenters. The van der Waals surface area contributed by atoms with Crippen LogP contribution in [0.25, 0.3) is 0 Å². The van der Waals surface area contributed by atoms with Crippen LogP contribution in [-0.4, -0.2) is 22.2 Å². The predicted molar refractivity (Wildman–Crippen MR) is 24.4 cm³/mol. The SMILES string of the molecule is O=C(O)/C=C\C(=O)O.[Rf].[Rf].[Y].[Y]. The maximum Gasteiger partial charge on any atom is 0.328 e. The summed E-state index contributed by atoms with van der Waals surface area (Å²) in [6.07, 6.45) is 1.12. The summed E-state index contributed by atoms with van der Waals surface area (Å²) in [5.74, 6) is -2.51. The summed E-state index contributed by atoms with van der Waals surface area (Å²) in [6, 6.07) is 0. The molecule has 0 rings (SSSR count). The van der Waals surface area contributed by atoms with Gasteiger partial charge in [0.2, 0.25) is 0 Å². The van der Waals surface area contributed by atoms with Crippen molar-refractivity contribution in [2.45, 2.75) is 0 Å². The quantitative estimate of drug-likeness (QED) is 0.376. The molecule has 8 heteroatoms. The smallest absolute Gasteiger partial charge is 0.328 e. The van der Waals surface area contributed by atoms with Crippen molar-refractivity contribution >= 4 is 11.9 Å². The largest absolute Gasteiger partial charge is 0.478 e. The molecule has 0 fully saturated rings. The first-order chi connectivity index (χ1) is 3.63. The second-order valence-electron chi connectivity index (χ2n) is 1.01. The van der Waals surface area contributed by atoms with E-state index in [1.807, 2.05) is 0 Å². The van der Waals surface area contributed by atoms with Crippen LogP contribution in [0.3, 0.4) is 0 Å². The van der Waals surface area contributed by atoms with Crippen molar-refractivity contribution in [2.75, 3.05) is 0 Å². The minimum absolute atomic E-state index is 0. The van der Waals surface area contributed by atoms with Crippen LogP contribution in [-0.2, 0) is 75.0 Å². The van der Waals surface area contributed by atoms with Crippen molar-refractivity contribution in [3.05, 3.63) is 12.2 Å². The number of hydrogen-bond acceptors (Lipinski definition) is 2. The van der Waals surface area contributed by atoms with E-state index in [0.717, 1.165) is 0 Å². The fourth-order valence-corrected chi connectivity index (χ4v) is 0.143. The molecule has 0 saturated carbocycles. The fourth-order valence-electron chi connectivity index (χ4n) is 0.143. The van der Waals surface area contributed by atoms with E-state index in [1.54, 1.807) is 0 Å². The van der Waals surface area contributed by atoms with Crippen LogP contribution < -0.4 is 0 Å². The van der Waals surface area contributed by atoms with E-state index in [1.165, 1.54) is 0 Å². The third-order valence-corrected chi connectivity index (χ3v) is 0.368. The van der Waals surface area contributed by atoms with E-state index in [0.29, 0.717) is 12.2 Å². The third-order valence-electron chi connectivity index (χ3n) is 0.368. The summed E-state index contributed by atoms with van der Waals surface area (Å²) >= 11 is 0. The Hall–Kier alpha value is -1.11. The van der Waals surface area contributed by atoms with E-state index in [9.17, 15) is 9.59 Å². The minimum atomic E-state index is -1.26. The number of carbonyl (C=O) groups is 2. The van der Waals surface area contributed by atoms with E-state index in [-0.39, 0.29) is 65.4 Å². The van der Waals surface area contributed by atoms with Crippen LogP contribution in [0.15, 0.2) is 12.2 Å². The number of aliphatic carboxylic acids is 2. The molecule has 54 valence electrons. The van der Waals surface area contributed by atoms with Gasteiger partial charge in [0.05, 0.1) is 0 Å². The van der Waals surface area contributed by atoms with Gasteiger partial charge in [-0.15, -0.1) is 0 Å². The molecule has 0 saturated heterocycles. The van der Waals surface area contributed by atoms with Crippen LogP contribution in [0.1, 0.15) is 0 Å². The van der Waals surface area contributed by atoms with Gasteiger partial charge in [-0.2, -0.15) is 0 Å². The van der Waals surface area contributed by atoms with Gasteiger partial charge in [0.15, 0.2) is 0 Å². The zero-order valence-electron chi connectivity index (χ0n) is 6.43. The van der Waals surface area contributed by atoms with Crippen LogP contribution >= 0.6 is 0 Å². The molecular formula is C4H4O4Rf2Y2. The van der Waals surface area contributed by atoms with Crippen LogP contribution in [0.4, 0.5) is 0 Å². The Balaban J connectivity index is -0.0000000408. The monoisotopic (exact) mass is 828 g/mol. The maximum absolute atomic E-state index is 9.55. The first kappa shape index (κ1) is 30.7. The molecule has 0 heterocycles. The molecule has 2 radical (unpaired) electrons. The van der Waals surface area contributed by atoms with Gasteiger partial charge in [0, 0.05) is 77.6 Å². The summed E-state index contributed by atoms with van der Waals surface area (Å²) in [5.41, 5.74) is 0. The molecule has 0 aliphatic rings. The Bertz CT molecular complexity index is 134. The second-order valence-corrected chi connectivity index (χ2v) is 1.01. The Kier molecular flexibility index (Phi) is 42.1. The molecular weight excluding hydrogens is 824 g/mol. The van der Waals surface area contributed by atoms with Crippen molar-refractivity contribution in [2.24, 2.45) is 0 Å². The normalized spacial score (nSPS) is 6.33. The maximum atomic E-state index is 9.55. The molecule has 4 nitrogen and oxygen atoms in total. The topological polar surface area (TPSA) is 74.6 Å². The Morgan fingerprint density at radius 3 is 1.08 bits per heavy atom. The van der Waals surface area contributed by atoms with E-state index >= 15 is 0 Å². The average molecular weight is 828 g/mol. The molecule has 12 heavy (non-hydrogen) atoms. The molecule has 0 amide bonds. The van der Waals surface area contributed by atoms with Gasteiger partial charge in [-0.05, 0) is 0 Å². The van der Waals surface area contributed by atoms with Crippen molar-refractivity contribution < 1.29 is 85.2 Å². The fraction of sp³-hybridized carbons (Fsp3) is 0. The van der Waals surface area contributed by atoms with Gasteiger partial charge in [-0.25, -0.2) is 9.59 Å². The van der Waals surface area contributed by atoms with E-state index < -0.39 is 11.9 Å². The average Bonchev–Trinajstić information content (AvgIpc) is 1.61. The Morgan fingerprint density at radius 1 is 0.833 bits per heavy atom. The second kappa shape index (κ2) is 16.5. The predicted octanol–water partition coefficient (Wildman–Crippen LogP) is -0.293. The molecule has 0 aliphatic carbocycles. The van der Waals surface area contributed by atoms with Crippen molar-refractivity contribution in [1.82, 2.24) is 0 Å². The number of carboxylic acid groups (broad SMARTS) is 2. The number of hydrogen-bond donors (Lipinski definition) is 2. The van der Waals surface area contributed by atoms with Gasteiger partial charge in [-0.3, -0.25) is 0 Å². The van der Waals surface area contributed by atoms with Crippen LogP contribution in [0.5, 0.6) is 0 Å². The van der Waals surface area contributed by atoms with Crippen LogP contribution in [0.2, 0.25) is 0 Å². The van der Waals surface area contributed by atoms with E-state index in [2.05, 4.69) is 0 Å². The number of rotatable bonds is 2. The molecule has 0 bridgehead atoms. The van der Waals surface area contributed by atoms with Crippen LogP contribution in [0, 0.1) is 0 Å². The zero-order chi connectivity index (χ0) is 6.57. The molecule has 0 atom stereocenters. The van der Waals surface area contributed by atoms with Gasteiger partial charge in [-0.1, -0.05) is 0 Å². The first-order valence-corrected chi connectivity index (χ1v) is 1.77. The van der Waals surface area contributed by atoms with Gasteiger partial charge >= 0.3 is 11.9 Å². The summed E-state index contributed by atoms with van der Waals surface area (Å²) in [7, 11) is 0. The molecule has 0 aromatic heterocycles. The van der Waals surface area contributed by atoms with Crippen molar-refractivity contribution in [3.8, 4) is 0 Å². The summed E-state index contributed by atoms with van der Waals surface area (Å²) in [4.78, 5) is 19.1. The summed E-state index contributed by atoms with van der Waals surface area (Å²) in [5, 5.41) is 15.6. The van der Waals surface area contributed by atoms with Gasteiger partial charge in [0.25, 0.3) is 0 Å². The van der Waals surface area contributed by atoms with Crippen molar-refractivity contribution in [3.63, 3.8) is 0 Å². The Morgan fingerprint density at radius 2 is 1.00 bits per heavy atom. The first-order valence-electron chi connectivity index (χ1n) is 1.77. The van der Waals surface area contributed by atoms with Gasteiger partial charge < -0.3 is 10.2 Å². The van der Waals surface area contributed by atoms with Gasteiger partial charge in [0.1, 0.15) is 0 Å². The number of carboxylic acids is 2. The molecule has 0 aromatic rings. The van der Waals surface area contributed by atoms with E-state index in [4.69, 9.17) is 10.2 Å². The third kappa shape index (κ3) is 36.6. The summed E-state index contributed by atoms with van der Waals surface area (Å²) in [6.45, 7) is 0. The standard InChI is InChI=1S/C4H4O4.2Rf.2Y/c5-3(6)1-2-4(7)8;;;;/h1-2H,(H,5,6)(H,7,8);;;;/b2-1-;;;;. The Labute approximate surface area is 108 Å².